The van der Waals surface area contributed by atoms with Crippen molar-refractivity contribution in [2.45, 2.75) is 32.7 Å². The summed E-state index contributed by atoms with van der Waals surface area (Å²) in [6.07, 6.45) is 1.73. The lowest BCUT2D eigenvalue weighted by Gasteiger charge is -2.27. The van der Waals surface area contributed by atoms with E-state index in [1.807, 2.05) is 13.8 Å². The average Bonchev–Trinajstić information content (AvgIpc) is 2.34. The summed E-state index contributed by atoms with van der Waals surface area (Å²) in [5, 5.41) is 19.9. The van der Waals surface area contributed by atoms with Crippen LogP contribution in [0.25, 0.3) is 0 Å². The zero-order valence-electron chi connectivity index (χ0n) is 11.2. The first-order valence-electron chi connectivity index (χ1n) is 6.11. The van der Waals surface area contributed by atoms with Gasteiger partial charge in [0.25, 0.3) is 0 Å². The number of carboxylic acids is 1. The Morgan fingerprint density at radius 1 is 1.60 bits per heavy atom. The highest BCUT2D eigenvalue weighted by Crippen LogP contribution is 2.29. The van der Waals surface area contributed by atoms with E-state index in [1.54, 1.807) is 4.90 Å². The quantitative estimate of drug-likeness (QED) is 0.614. The third kappa shape index (κ3) is 4.34. The fourth-order valence-electron chi connectivity index (χ4n) is 1.79. The molecule has 8 heteroatoms. The van der Waals surface area contributed by atoms with Crippen molar-refractivity contribution < 1.29 is 14.8 Å². The van der Waals surface area contributed by atoms with Gasteiger partial charge in [-0.05, 0) is 20.3 Å². The lowest BCUT2D eigenvalue weighted by molar-refractivity contribution is -0.384. The minimum absolute atomic E-state index is 0.00457. The number of rotatable bonds is 7. The maximum atomic E-state index is 11.1. The molecule has 0 amide bonds. The summed E-state index contributed by atoms with van der Waals surface area (Å²) >= 11 is 5.73. The molecule has 1 heterocycles. The number of aliphatic carboxylic acids is 1. The van der Waals surface area contributed by atoms with Crippen LogP contribution in [0.3, 0.4) is 0 Å². The maximum Gasteiger partial charge on any atom is 0.313 e. The van der Waals surface area contributed by atoms with Crippen molar-refractivity contribution >= 4 is 29.1 Å². The zero-order chi connectivity index (χ0) is 15.3. The van der Waals surface area contributed by atoms with E-state index >= 15 is 0 Å². The predicted octanol–water partition coefficient (Wildman–Crippen LogP) is 2.72. The molecule has 0 aliphatic carbocycles. The van der Waals surface area contributed by atoms with Crippen molar-refractivity contribution in [3.63, 3.8) is 0 Å². The van der Waals surface area contributed by atoms with Crippen molar-refractivity contribution in [2.24, 2.45) is 0 Å². The number of anilines is 1. The van der Waals surface area contributed by atoms with Gasteiger partial charge in [-0.25, -0.2) is 4.98 Å². The van der Waals surface area contributed by atoms with E-state index < -0.39 is 10.9 Å². The Hall–Kier alpha value is -1.89. The third-order valence-corrected chi connectivity index (χ3v) is 2.90. The molecule has 1 aromatic heterocycles. The lowest BCUT2D eigenvalue weighted by Crippen LogP contribution is -2.33. The molecule has 0 saturated heterocycles. The summed E-state index contributed by atoms with van der Waals surface area (Å²) in [6, 6.07) is 1.20. The fraction of sp³-hybridized carbons (Fsp3) is 0.500. The molecule has 1 N–H and O–H groups in total. The smallest absolute Gasteiger partial charge is 0.313 e. The number of aromatic nitrogens is 1. The molecule has 0 aliphatic heterocycles. The van der Waals surface area contributed by atoms with Crippen molar-refractivity contribution in [1.82, 2.24) is 4.98 Å². The van der Waals surface area contributed by atoms with E-state index in [2.05, 4.69) is 4.98 Å². The van der Waals surface area contributed by atoms with E-state index in [1.165, 1.54) is 12.3 Å². The van der Waals surface area contributed by atoms with Crippen molar-refractivity contribution in [3.05, 3.63) is 27.4 Å². The molecule has 1 rings (SSSR count). The summed E-state index contributed by atoms with van der Waals surface area (Å²) in [7, 11) is 0. The molecule has 0 saturated carbocycles. The summed E-state index contributed by atoms with van der Waals surface area (Å²) < 4.78 is 0. The van der Waals surface area contributed by atoms with Crippen molar-refractivity contribution in [1.29, 1.82) is 0 Å². The Balaban J connectivity index is 3.02. The normalized spacial score (nSPS) is 10.6. The van der Waals surface area contributed by atoms with Crippen LogP contribution in [-0.2, 0) is 4.79 Å². The molecule has 0 unspecified atom stereocenters. The Labute approximate surface area is 121 Å². The Bertz CT molecular complexity index is 507. The summed E-state index contributed by atoms with van der Waals surface area (Å²) in [5.74, 6) is -0.688. The van der Waals surface area contributed by atoms with Gasteiger partial charge in [-0.1, -0.05) is 11.6 Å². The van der Waals surface area contributed by atoms with E-state index in [4.69, 9.17) is 16.7 Å². The molecule has 0 fully saturated rings. The van der Waals surface area contributed by atoms with Gasteiger partial charge in [0.15, 0.2) is 0 Å². The summed E-state index contributed by atoms with van der Waals surface area (Å²) in [6.45, 7) is 4.10. The molecule has 1 aromatic rings. The minimum Gasteiger partial charge on any atom is -0.481 e. The highest BCUT2D eigenvalue weighted by molar-refractivity contribution is 6.30. The maximum absolute atomic E-state index is 11.1. The molecule has 7 nitrogen and oxygen atoms in total. The monoisotopic (exact) mass is 301 g/mol. The molecule has 0 aliphatic rings. The first-order chi connectivity index (χ1) is 9.32. The predicted molar refractivity (Wildman–Crippen MR) is 75.3 cm³/mol. The molecule has 110 valence electrons. The van der Waals surface area contributed by atoms with Crippen molar-refractivity contribution in [3.8, 4) is 0 Å². The number of carbonyl (C=O) groups is 1. The van der Waals surface area contributed by atoms with Crippen LogP contribution in [0.5, 0.6) is 0 Å². The molecule has 0 bridgehead atoms. The highest BCUT2D eigenvalue weighted by Gasteiger charge is 2.23. The van der Waals surface area contributed by atoms with Crippen LogP contribution in [0.2, 0.25) is 5.02 Å². The third-order valence-electron chi connectivity index (χ3n) is 2.70. The van der Waals surface area contributed by atoms with Crippen LogP contribution < -0.4 is 4.90 Å². The second-order valence-corrected chi connectivity index (χ2v) is 4.97. The molecule has 0 spiro atoms. The molecular weight excluding hydrogens is 286 g/mol. The van der Waals surface area contributed by atoms with Gasteiger partial charge in [-0.2, -0.15) is 0 Å². The minimum atomic E-state index is -0.896. The number of nitrogens with zero attached hydrogens (tertiary/aromatic N) is 3. The van der Waals surface area contributed by atoms with Gasteiger partial charge in [0, 0.05) is 31.3 Å². The van der Waals surface area contributed by atoms with Crippen LogP contribution in [0.4, 0.5) is 11.5 Å². The Morgan fingerprint density at radius 3 is 2.75 bits per heavy atom. The average molecular weight is 302 g/mol. The van der Waals surface area contributed by atoms with Crippen LogP contribution in [0, 0.1) is 10.1 Å². The lowest BCUT2D eigenvalue weighted by atomic mass is 10.2. The number of nitro groups is 1. The molecule has 20 heavy (non-hydrogen) atoms. The second kappa shape index (κ2) is 7.04. The summed E-state index contributed by atoms with van der Waals surface area (Å²) in [5.41, 5.74) is -0.179. The second-order valence-electron chi connectivity index (χ2n) is 4.54. The van der Waals surface area contributed by atoms with E-state index in [-0.39, 0.29) is 29.0 Å². The number of carboxylic acid groups (broad SMARTS) is 1. The number of halogens is 1. The van der Waals surface area contributed by atoms with Gasteiger partial charge in [0.1, 0.15) is 0 Å². The van der Waals surface area contributed by atoms with E-state index in [0.717, 1.165) is 0 Å². The standard InChI is InChI=1S/C12H16ClN3O4/c1-8(2)15(5-3-4-11(17)18)12-10(16(19)20)6-9(13)7-14-12/h6-8H,3-5H2,1-2H3,(H,17,18). The van der Waals surface area contributed by atoms with Crippen LogP contribution in [-0.4, -0.2) is 33.6 Å². The highest BCUT2D eigenvalue weighted by atomic mass is 35.5. The number of hydrogen-bond acceptors (Lipinski definition) is 5. The Morgan fingerprint density at radius 2 is 2.25 bits per heavy atom. The van der Waals surface area contributed by atoms with Gasteiger partial charge in [-0.15, -0.1) is 0 Å². The number of hydrogen-bond donors (Lipinski definition) is 1. The largest absolute Gasteiger partial charge is 0.481 e. The van der Waals surface area contributed by atoms with E-state index in [0.29, 0.717) is 13.0 Å². The number of pyridine rings is 1. The van der Waals surface area contributed by atoms with E-state index in [9.17, 15) is 14.9 Å². The molecule has 0 radical (unpaired) electrons. The van der Waals surface area contributed by atoms with Crippen LogP contribution in [0.15, 0.2) is 12.3 Å². The zero-order valence-corrected chi connectivity index (χ0v) is 12.0. The topological polar surface area (TPSA) is 96.6 Å². The first kappa shape index (κ1) is 16.2. The fourth-order valence-corrected chi connectivity index (χ4v) is 1.94. The van der Waals surface area contributed by atoms with Gasteiger partial charge >= 0.3 is 11.7 Å². The SMILES string of the molecule is CC(C)N(CCCC(=O)O)c1ncc(Cl)cc1[N+](=O)[O-]. The Kier molecular flexibility index (Phi) is 5.69. The van der Waals surface area contributed by atoms with Crippen LogP contribution in [0.1, 0.15) is 26.7 Å². The molecule has 0 atom stereocenters. The van der Waals surface area contributed by atoms with Gasteiger partial charge in [-0.3, -0.25) is 14.9 Å². The van der Waals surface area contributed by atoms with Crippen molar-refractivity contribution in [2.75, 3.05) is 11.4 Å². The molecular formula is C12H16ClN3O4. The van der Waals surface area contributed by atoms with Gasteiger partial charge in [0.05, 0.1) is 9.95 Å². The van der Waals surface area contributed by atoms with Crippen LogP contribution >= 0.6 is 11.6 Å². The first-order valence-corrected chi connectivity index (χ1v) is 6.49. The molecule has 0 aromatic carbocycles. The van der Waals surface area contributed by atoms with Gasteiger partial charge in [0.2, 0.25) is 5.82 Å². The van der Waals surface area contributed by atoms with Gasteiger partial charge < -0.3 is 10.0 Å². The summed E-state index contributed by atoms with van der Waals surface area (Å²) in [4.78, 5) is 26.8.